The molecule has 1 aromatic heterocycles. The van der Waals surface area contributed by atoms with Crippen molar-refractivity contribution in [2.24, 2.45) is 0 Å². The number of nitrogens with one attached hydrogen (secondary N) is 2. The molecule has 2 aromatic carbocycles. The van der Waals surface area contributed by atoms with Crippen molar-refractivity contribution in [1.29, 1.82) is 5.41 Å². The Hall–Kier alpha value is -2.10. The fraction of sp³-hybridized carbons (Fsp3) is 0.0588. The maximum absolute atomic E-state index is 7.51. The molecular weight excluding hydrogens is 317 g/mol. The van der Waals surface area contributed by atoms with Gasteiger partial charge in [-0.1, -0.05) is 35.3 Å². The zero-order valence-corrected chi connectivity index (χ0v) is 13.3. The summed E-state index contributed by atoms with van der Waals surface area (Å²) < 4.78 is 0. The zero-order valence-electron chi connectivity index (χ0n) is 11.8. The van der Waals surface area contributed by atoms with Gasteiger partial charge in [-0.2, -0.15) is 0 Å². The molecule has 0 saturated carbocycles. The Morgan fingerprint density at radius 3 is 2.55 bits per heavy atom. The van der Waals surface area contributed by atoms with Gasteiger partial charge in [0.15, 0.2) is 0 Å². The topological polar surface area (TPSA) is 48.8 Å². The fourth-order valence-corrected chi connectivity index (χ4v) is 2.55. The van der Waals surface area contributed by atoms with Gasteiger partial charge in [-0.05, 0) is 42.6 Å². The van der Waals surface area contributed by atoms with Crippen molar-refractivity contribution < 1.29 is 0 Å². The van der Waals surface area contributed by atoms with Gasteiger partial charge in [0.05, 0.1) is 21.6 Å². The molecule has 0 aliphatic heterocycles. The highest BCUT2D eigenvalue weighted by Gasteiger charge is 2.05. The Balaban J connectivity index is 2.07. The number of aromatic nitrogens is 1. The van der Waals surface area contributed by atoms with Gasteiger partial charge in [-0.15, -0.1) is 0 Å². The second-order valence-electron chi connectivity index (χ2n) is 5.01. The summed E-state index contributed by atoms with van der Waals surface area (Å²) in [4.78, 5) is 4.47. The van der Waals surface area contributed by atoms with Crippen LogP contribution in [0.2, 0.25) is 10.0 Å². The summed E-state index contributed by atoms with van der Waals surface area (Å²) in [5, 5.41) is 13.6. The molecule has 0 fully saturated rings. The number of hydrogen-bond acceptors (Lipinski definition) is 2. The summed E-state index contributed by atoms with van der Waals surface area (Å²) in [6.45, 7) is 1.71. The SMILES string of the molecule is CC(=N)Nc1ccc2cnc(-c3ccc(Cl)c(Cl)c3)cc2c1. The minimum Gasteiger partial charge on any atom is -0.344 e. The van der Waals surface area contributed by atoms with Crippen LogP contribution in [0.25, 0.3) is 22.0 Å². The van der Waals surface area contributed by atoms with E-state index in [1.54, 1.807) is 13.0 Å². The van der Waals surface area contributed by atoms with E-state index in [4.69, 9.17) is 28.6 Å². The van der Waals surface area contributed by atoms with Crippen molar-refractivity contribution in [3.05, 3.63) is 58.7 Å². The standard InChI is InChI=1S/C17H13Cl2N3/c1-10(20)22-14-4-2-12-9-21-17(8-13(12)6-14)11-3-5-15(18)16(19)7-11/h2-9H,1H3,(H2,20,22). The average molecular weight is 330 g/mol. The predicted molar refractivity (Wildman–Crippen MR) is 94.2 cm³/mol. The lowest BCUT2D eigenvalue weighted by atomic mass is 10.1. The molecule has 0 aliphatic rings. The number of nitrogens with zero attached hydrogens (tertiary/aromatic N) is 1. The Morgan fingerprint density at radius 2 is 1.82 bits per heavy atom. The summed E-state index contributed by atoms with van der Waals surface area (Å²) in [5.41, 5.74) is 2.62. The van der Waals surface area contributed by atoms with Crippen molar-refractivity contribution in [3.63, 3.8) is 0 Å². The molecule has 0 unspecified atom stereocenters. The van der Waals surface area contributed by atoms with E-state index in [0.29, 0.717) is 15.9 Å². The van der Waals surface area contributed by atoms with Crippen LogP contribution < -0.4 is 5.32 Å². The van der Waals surface area contributed by atoms with Crippen LogP contribution in [0, 0.1) is 5.41 Å². The molecule has 0 amide bonds. The van der Waals surface area contributed by atoms with Crippen LogP contribution in [0.15, 0.2) is 48.7 Å². The van der Waals surface area contributed by atoms with Crippen LogP contribution in [0.3, 0.4) is 0 Å². The number of fused-ring (bicyclic) bond motifs is 1. The highest BCUT2D eigenvalue weighted by Crippen LogP contribution is 2.29. The van der Waals surface area contributed by atoms with E-state index < -0.39 is 0 Å². The number of halogens is 2. The molecule has 0 saturated heterocycles. The minimum atomic E-state index is 0.401. The lowest BCUT2D eigenvalue weighted by molar-refractivity contribution is 1.36. The molecule has 5 heteroatoms. The van der Waals surface area contributed by atoms with E-state index >= 15 is 0 Å². The number of pyridine rings is 1. The molecule has 0 spiro atoms. The van der Waals surface area contributed by atoms with Gasteiger partial charge < -0.3 is 5.32 Å². The molecule has 2 N–H and O–H groups in total. The van der Waals surface area contributed by atoms with Gasteiger partial charge in [-0.25, -0.2) is 0 Å². The summed E-state index contributed by atoms with van der Waals surface area (Å²) in [5.74, 6) is 0.401. The smallest absolute Gasteiger partial charge is 0.0944 e. The zero-order chi connectivity index (χ0) is 15.7. The normalized spacial score (nSPS) is 10.7. The van der Waals surface area contributed by atoms with E-state index in [9.17, 15) is 0 Å². The first-order valence-corrected chi connectivity index (χ1v) is 7.46. The highest BCUT2D eigenvalue weighted by molar-refractivity contribution is 6.42. The average Bonchev–Trinajstić information content (AvgIpc) is 2.48. The Morgan fingerprint density at radius 1 is 1.00 bits per heavy atom. The van der Waals surface area contributed by atoms with Crippen LogP contribution in [0.1, 0.15) is 6.92 Å². The van der Waals surface area contributed by atoms with Crippen LogP contribution in [-0.4, -0.2) is 10.8 Å². The van der Waals surface area contributed by atoms with Gasteiger partial charge >= 0.3 is 0 Å². The Kier molecular flexibility index (Phi) is 4.01. The molecular formula is C17H13Cl2N3. The number of benzene rings is 2. The number of amidine groups is 1. The molecule has 0 aliphatic carbocycles. The molecule has 3 nitrogen and oxygen atoms in total. The summed E-state index contributed by atoms with van der Waals surface area (Å²) in [7, 11) is 0. The van der Waals surface area contributed by atoms with E-state index in [-0.39, 0.29) is 0 Å². The van der Waals surface area contributed by atoms with E-state index in [1.165, 1.54) is 0 Å². The number of rotatable bonds is 2. The van der Waals surface area contributed by atoms with Crippen molar-refractivity contribution in [3.8, 4) is 11.3 Å². The Bertz CT molecular complexity index is 875. The Labute approximate surface area is 138 Å². The van der Waals surface area contributed by atoms with Crippen LogP contribution in [0.4, 0.5) is 5.69 Å². The van der Waals surface area contributed by atoms with E-state index in [2.05, 4.69) is 10.3 Å². The fourth-order valence-electron chi connectivity index (χ4n) is 2.25. The summed E-state index contributed by atoms with van der Waals surface area (Å²) >= 11 is 12.0. The minimum absolute atomic E-state index is 0.401. The van der Waals surface area contributed by atoms with E-state index in [1.807, 2.05) is 42.6 Å². The van der Waals surface area contributed by atoms with E-state index in [0.717, 1.165) is 27.7 Å². The lowest BCUT2D eigenvalue weighted by Crippen LogP contribution is -2.04. The molecule has 0 bridgehead atoms. The third-order valence-corrected chi connectivity index (χ3v) is 4.01. The maximum Gasteiger partial charge on any atom is 0.0944 e. The second kappa shape index (κ2) is 5.95. The quantitative estimate of drug-likeness (QED) is 0.473. The third-order valence-electron chi connectivity index (χ3n) is 3.27. The maximum atomic E-state index is 7.51. The molecule has 3 aromatic rings. The van der Waals surface area contributed by atoms with Crippen molar-refractivity contribution in [1.82, 2.24) is 4.98 Å². The molecule has 0 radical (unpaired) electrons. The highest BCUT2D eigenvalue weighted by atomic mass is 35.5. The summed E-state index contributed by atoms with van der Waals surface area (Å²) in [6.07, 6.45) is 1.83. The molecule has 0 atom stereocenters. The molecule has 1 heterocycles. The molecule has 22 heavy (non-hydrogen) atoms. The summed E-state index contributed by atoms with van der Waals surface area (Å²) in [6, 6.07) is 13.4. The van der Waals surface area contributed by atoms with Crippen LogP contribution >= 0.6 is 23.2 Å². The van der Waals surface area contributed by atoms with Gasteiger partial charge in [-0.3, -0.25) is 10.4 Å². The van der Waals surface area contributed by atoms with Gasteiger partial charge in [0.1, 0.15) is 0 Å². The first kappa shape index (κ1) is 14.8. The lowest BCUT2D eigenvalue weighted by Gasteiger charge is -2.08. The molecule has 110 valence electrons. The van der Waals surface area contributed by atoms with Crippen LogP contribution in [-0.2, 0) is 0 Å². The third kappa shape index (κ3) is 3.06. The first-order valence-electron chi connectivity index (χ1n) is 6.70. The van der Waals surface area contributed by atoms with Gasteiger partial charge in [0.2, 0.25) is 0 Å². The monoisotopic (exact) mass is 329 g/mol. The van der Waals surface area contributed by atoms with Crippen LogP contribution in [0.5, 0.6) is 0 Å². The van der Waals surface area contributed by atoms with Crippen molar-refractivity contribution >= 4 is 45.5 Å². The largest absolute Gasteiger partial charge is 0.344 e. The van der Waals surface area contributed by atoms with Crippen molar-refractivity contribution in [2.45, 2.75) is 6.92 Å². The van der Waals surface area contributed by atoms with Gasteiger partial charge in [0, 0.05) is 22.8 Å². The first-order chi connectivity index (χ1) is 10.5. The van der Waals surface area contributed by atoms with Crippen molar-refractivity contribution in [2.75, 3.05) is 5.32 Å². The second-order valence-corrected chi connectivity index (χ2v) is 5.82. The molecule has 3 rings (SSSR count). The number of anilines is 1. The number of hydrogen-bond donors (Lipinski definition) is 2. The van der Waals surface area contributed by atoms with Gasteiger partial charge in [0.25, 0.3) is 0 Å². The predicted octanol–water partition coefficient (Wildman–Crippen LogP) is 5.62.